The summed E-state index contributed by atoms with van der Waals surface area (Å²) in [5.41, 5.74) is 5.75. The normalized spacial score (nSPS) is 14.4. The summed E-state index contributed by atoms with van der Waals surface area (Å²) in [5, 5.41) is 0. The standard InChI is InChI=1S/2C10H12O2.C10H12O.C9H10O.C8H14O.C7H13NO.C7H14O.C5H9NO.C4H9NO.2C4H8O.C3H6O/c1-2-9-5-3-4-6-10(9)12-8-7-11;1-2-7-12-10-6-4-3-5-9(10)8-11;1-2-4-9-5-3-6-10(7-9)8-11;1-2-8-4-3-5-9(6-8)7-10;1-7-2-4-8(6-9)5-3-7;1-8-4-2-7(6-9)3-5-8;1-6(2)4-7(3)5-8;1-6-2-5(3-6)4-7;1-5(2)3-4-6;1-4(2)3-5;1-2-3-4-5;1-2-3-4/h3-7H,2,8H2,1H3;3-6,8H,2,7H2,1H3;3,5-8H,2,4H2,1H3;3-7H,2H2,1H3;6-8H,2-5H2,1H3;6-7H,2-5H2,1H3;5-7H,4H2,1-3H3;4-5H,2-3H2,1H3;4H,3H2,1-2H3;3-4H,1-2H3;4H,2-3H2,1H3;3H,2H2,1H3. The van der Waals surface area contributed by atoms with E-state index in [-0.39, 0.29) is 18.4 Å². The molecule has 0 aromatic heterocycles. The van der Waals surface area contributed by atoms with Crippen molar-refractivity contribution in [2.45, 2.75) is 179 Å². The van der Waals surface area contributed by atoms with Gasteiger partial charge in [0, 0.05) is 66.6 Å². The number of unbranched alkanes of at least 4 members (excludes halogenated alkanes) is 1. The van der Waals surface area contributed by atoms with Gasteiger partial charge < -0.3 is 62.5 Å². The van der Waals surface area contributed by atoms with E-state index in [1.54, 1.807) is 12.1 Å². The molecular weight excluding hydrogens is 1240 g/mol. The van der Waals surface area contributed by atoms with Crippen molar-refractivity contribution in [1.29, 1.82) is 0 Å². The Kier molecular flexibility index (Phi) is 72.9. The summed E-state index contributed by atoms with van der Waals surface area (Å²) in [6.07, 6.45) is 26.4. The molecule has 4 aromatic carbocycles. The second-order valence-corrected chi connectivity index (χ2v) is 24.9. The Balaban J connectivity index is -0.000000325. The Morgan fingerprint density at radius 3 is 1.38 bits per heavy atom. The van der Waals surface area contributed by atoms with Crippen LogP contribution in [0.3, 0.4) is 0 Å². The Morgan fingerprint density at radius 2 is 1.02 bits per heavy atom. The first-order valence-electron chi connectivity index (χ1n) is 35.0. The second kappa shape index (κ2) is 72.2. The fourth-order valence-electron chi connectivity index (χ4n) is 8.46. The van der Waals surface area contributed by atoms with Crippen molar-refractivity contribution in [3.05, 3.63) is 130 Å². The first-order valence-corrected chi connectivity index (χ1v) is 35.0. The predicted molar refractivity (Wildman–Crippen MR) is 400 cm³/mol. The predicted octanol–water partition coefficient (Wildman–Crippen LogP) is 14.9. The number of para-hydroxylation sites is 2. The molecule has 2 saturated heterocycles. The molecule has 3 fully saturated rings. The van der Waals surface area contributed by atoms with Crippen molar-refractivity contribution in [2.75, 3.05) is 74.1 Å². The summed E-state index contributed by atoms with van der Waals surface area (Å²) in [5.74, 6) is 4.52. The van der Waals surface area contributed by atoms with E-state index < -0.39 is 0 Å². The maximum atomic E-state index is 10.5. The zero-order valence-corrected chi connectivity index (χ0v) is 62.8. The van der Waals surface area contributed by atoms with Gasteiger partial charge in [0.2, 0.25) is 0 Å². The molecule has 0 bridgehead atoms. The molecular formula is C81H127N3O14. The fraction of sp³-hybridized carbons (Fsp3) is 0.556. The van der Waals surface area contributed by atoms with Crippen LogP contribution in [-0.4, -0.2) is 164 Å². The first kappa shape index (κ1) is 99.1. The molecule has 0 N–H and O–H groups in total. The zero-order valence-electron chi connectivity index (χ0n) is 62.8. The monoisotopic (exact) mass is 1370 g/mol. The molecule has 17 nitrogen and oxygen atoms in total. The fourth-order valence-corrected chi connectivity index (χ4v) is 8.46. The highest BCUT2D eigenvalue weighted by atomic mass is 16.5. The zero-order chi connectivity index (χ0) is 75.2. The minimum atomic E-state index is 0.136. The smallest absolute Gasteiger partial charge is 0.157 e. The summed E-state index contributed by atoms with van der Waals surface area (Å²) in [6, 6.07) is 30.4. The number of aldehydes is 12. The lowest BCUT2D eigenvalue weighted by atomic mass is 9.84. The van der Waals surface area contributed by atoms with E-state index in [1.165, 1.54) is 24.0 Å². The molecule has 4 aromatic rings. The molecule has 1 aliphatic carbocycles. The molecule has 0 amide bonds. The number of piperidine rings is 1. The average Bonchev–Trinajstić information content (AvgIpc) is 0.989. The Hall–Kier alpha value is -7.60. The lowest BCUT2D eigenvalue weighted by Crippen LogP contribution is -2.44. The van der Waals surface area contributed by atoms with Gasteiger partial charge >= 0.3 is 0 Å². The van der Waals surface area contributed by atoms with E-state index in [1.807, 2.05) is 146 Å². The van der Waals surface area contributed by atoms with Gasteiger partial charge in [-0.15, -0.1) is 0 Å². The highest BCUT2D eigenvalue weighted by molar-refractivity contribution is 5.79. The number of nitrogens with zero attached hydrogens (tertiary/aromatic N) is 3. The quantitative estimate of drug-likeness (QED) is 0.0561. The highest BCUT2D eigenvalue weighted by Gasteiger charge is 2.21. The minimum absolute atomic E-state index is 0.136. The minimum Gasteiger partial charge on any atom is -0.493 e. The van der Waals surface area contributed by atoms with Crippen LogP contribution in [0, 0.1) is 41.4 Å². The summed E-state index contributed by atoms with van der Waals surface area (Å²) < 4.78 is 10.6. The number of benzene rings is 4. The van der Waals surface area contributed by atoms with E-state index in [2.05, 4.69) is 64.5 Å². The van der Waals surface area contributed by atoms with Crippen molar-refractivity contribution in [3.63, 3.8) is 0 Å². The Morgan fingerprint density at radius 1 is 0.510 bits per heavy atom. The number of likely N-dealkylation sites (N-methyl/N-ethyl adjacent to an activating group) is 1. The van der Waals surface area contributed by atoms with Gasteiger partial charge in [-0.1, -0.05) is 169 Å². The van der Waals surface area contributed by atoms with E-state index in [0.29, 0.717) is 61.0 Å². The molecule has 1 saturated carbocycles. The van der Waals surface area contributed by atoms with Crippen LogP contribution in [0.2, 0.25) is 0 Å². The molecule has 2 aliphatic heterocycles. The molecule has 550 valence electrons. The molecule has 0 radical (unpaired) electrons. The van der Waals surface area contributed by atoms with Crippen molar-refractivity contribution in [1.82, 2.24) is 14.7 Å². The molecule has 0 spiro atoms. The van der Waals surface area contributed by atoms with Gasteiger partial charge in [0.05, 0.1) is 18.7 Å². The molecule has 98 heavy (non-hydrogen) atoms. The topological polar surface area (TPSA) is 233 Å². The van der Waals surface area contributed by atoms with Crippen LogP contribution < -0.4 is 9.47 Å². The molecule has 17 heteroatoms. The van der Waals surface area contributed by atoms with E-state index in [9.17, 15) is 57.5 Å². The lowest BCUT2D eigenvalue weighted by Gasteiger charge is -2.31. The number of likely N-dealkylation sites (tertiary alicyclic amines) is 2. The van der Waals surface area contributed by atoms with Crippen molar-refractivity contribution in [3.8, 4) is 11.5 Å². The molecule has 7 rings (SSSR count). The Labute approximate surface area is 591 Å². The second-order valence-electron chi connectivity index (χ2n) is 24.9. The van der Waals surface area contributed by atoms with Gasteiger partial charge in [-0.2, -0.15) is 0 Å². The molecule has 1 atom stereocenters. The Bertz CT molecular complexity index is 2580. The van der Waals surface area contributed by atoms with Crippen molar-refractivity contribution < 1.29 is 67.0 Å². The summed E-state index contributed by atoms with van der Waals surface area (Å²) in [6.45, 7) is 29.7. The maximum absolute atomic E-state index is 10.5. The number of hydrogen-bond acceptors (Lipinski definition) is 17. The lowest BCUT2D eigenvalue weighted by molar-refractivity contribution is -0.115. The van der Waals surface area contributed by atoms with Crippen LogP contribution in [0.1, 0.15) is 208 Å². The van der Waals surface area contributed by atoms with Crippen LogP contribution in [0.25, 0.3) is 0 Å². The summed E-state index contributed by atoms with van der Waals surface area (Å²) in [4.78, 5) is 126. The number of carbonyl (C=O) groups is 12. The number of rotatable bonds is 25. The van der Waals surface area contributed by atoms with Gasteiger partial charge in [-0.25, -0.2) is 0 Å². The average molecular weight is 1370 g/mol. The largest absolute Gasteiger partial charge is 0.493 e. The molecule has 2 heterocycles. The van der Waals surface area contributed by atoms with Crippen LogP contribution in [0.4, 0.5) is 0 Å². The number of hydrogen-bond donors (Lipinski definition) is 0. The van der Waals surface area contributed by atoms with Gasteiger partial charge in [0.1, 0.15) is 81.0 Å². The molecule has 1 unspecified atom stereocenters. The van der Waals surface area contributed by atoms with E-state index >= 15 is 0 Å². The van der Waals surface area contributed by atoms with Crippen LogP contribution in [0.5, 0.6) is 11.5 Å². The van der Waals surface area contributed by atoms with Gasteiger partial charge in [0.15, 0.2) is 12.6 Å². The molecule has 3 aliphatic rings. The van der Waals surface area contributed by atoms with Crippen molar-refractivity contribution in [2.24, 2.45) is 41.4 Å². The third-order valence-electron chi connectivity index (χ3n) is 14.1. The highest BCUT2D eigenvalue weighted by Crippen LogP contribution is 2.26. The summed E-state index contributed by atoms with van der Waals surface area (Å²) in [7, 11) is 7.82. The SMILES string of the molecule is CC(C)C=O.CC(C)CC(C)C=O.CC1CCC(C=O)CC1.CCC=O.CCCC=O.CCCOc1ccccc1C=O.CCCc1cccc(C=O)c1.CCc1cccc(C=O)c1.CCc1ccccc1OCC=O.CN(C)CC=O.CN1CC(C=O)C1.CN1CCC(C=O)CC1. The van der Waals surface area contributed by atoms with Gasteiger partial charge in [0.25, 0.3) is 0 Å². The van der Waals surface area contributed by atoms with Crippen LogP contribution in [0.15, 0.2) is 97.1 Å². The van der Waals surface area contributed by atoms with Gasteiger partial charge in [-0.05, 0) is 164 Å². The summed E-state index contributed by atoms with van der Waals surface area (Å²) >= 11 is 0. The van der Waals surface area contributed by atoms with Crippen LogP contribution >= 0.6 is 0 Å². The third-order valence-corrected chi connectivity index (χ3v) is 14.1. The third kappa shape index (κ3) is 63.2. The maximum Gasteiger partial charge on any atom is 0.157 e. The van der Waals surface area contributed by atoms with E-state index in [0.717, 1.165) is 201 Å². The van der Waals surface area contributed by atoms with E-state index in [4.69, 9.17) is 9.47 Å². The van der Waals surface area contributed by atoms with Crippen LogP contribution in [-0.2, 0) is 62.4 Å². The van der Waals surface area contributed by atoms with Gasteiger partial charge in [-0.3, -0.25) is 19.2 Å². The number of carbonyl (C=O) groups excluding carboxylic acids is 12. The number of aryl methyl sites for hydroxylation is 3. The van der Waals surface area contributed by atoms with Crippen molar-refractivity contribution >= 4 is 75.4 Å². The first-order chi connectivity index (χ1) is 47.0. The number of ether oxygens (including phenoxy) is 2.